The average molecular weight is 327 g/mol. The molecule has 8 heteroatoms. The molecule has 24 heavy (non-hydrogen) atoms. The van der Waals surface area contributed by atoms with Crippen LogP contribution in [0, 0.1) is 0 Å². The summed E-state index contributed by atoms with van der Waals surface area (Å²) in [6, 6.07) is 3.71. The third kappa shape index (κ3) is 2.90. The van der Waals surface area contributed by atoms with E-state index in [2.05, 4.69) is 20.2 Å². The molecule has 3 aromatic rings. The van der Waals surface area contributed by atoms with Crippen LogP contribution < -0.4 is 0 Å². The highest BCUT2D eigenvalue weighted by Gasteiger charge is 2.31. The zero-order valence-corrected chi connectivity index (χ0v) is 13.6. The van der Waals surface area contributed by atoms with Crippen molar-refractivity contribution in [3.8, 4) is 5.69 Å². The van der Waals surface area contributed by atoms with Gasteiger partial charge < -0.3 is 9.15 Å². The van der Waals surface area contributed by atoms with Crippen LogP contribution in [0.15, 0.2) is 41.4 Å². The fraction of sp³-hybridized carbons (Fsp3) is 0.312. The summed E-state index contributed by atoms with van der Waals surface area (Å²) in [5.41, 5.74) is 1.04. The van der Waals surface area contributed by atoms with Crippen molar-refractivity contribution in [1.82, 2.24) is 25.0 Å². The van der Waals surface area contributed by atoms with Gasteiger partial charge in [-0.05, 0) is 32.9 Å². The fourth-order valence-corrected chi connectivity index (χ4v) is 2.19. The number of carbonyl (C=O) groups is 1. The van der Waals surface area contributed by atoms with E-state index in [1.54, 1.807) is 25.5 Å². The van der Waals surface area contributed by atoms with E-state index >= 15 is 0 Å². The standard InChI is InChI=1S/C16H17N5O3/c1-4-23-14(22)12-10-24-15(20-12)16(2,3)13-6-5-11(9-17-13)21-18-7-8-19-21/h5-10H,4H2,1-3H3. The number of ether oxygens (including phenoxy) is 1. The summed E-state index contributed by atoms with van der Waals surface area (Å²) in [5, 5.41) is 8.12. The number of esters is 1. The van der Waals surface area contributed by atoms with Crippen LogP contribution >= 0.6 is 0 Å². The smallest absolute Gasteiger partial charge is 0.360 e. The van der Waals surface area contributed by atoms with Crippen LogP contribution in [0.1, 0.15) is 42.8 Å². The quantitative estimate of drug-likeness (QED) is 0.662. The second kappa shape index (κ2) is 6.23. The lowest BCUT2D eigenvalue weighted by Crippen LogP contribution is -2.21. The molecule has 8 nitrogen and oxygen atoms in total. The van der Waals surface area contributed by atoms with Crippen molar-refractivity contribution in [2.45, 2.75) is 26.2 Å². The summed E-state index contributed by atoms with van der Waals surface area (Å²) < 4.78 is 10.4. The highest BCUT2D eigenvalue weighted by molar-refractivity contribution is 5.86. The van der Waals surface area contributed by atoms with E-state index in [4.69, 9.17) is 9.15 Å². The van der Waals surface area contributed by atoms with Gasteiger partial charge in [-0.2, -0.15) is 15.0 Å². The Balaban J connectivity index is 1.86. The van der Waals surface area contributed by atoms with Crippen molar-refractivity contribution in [3.63, 3.8) is 0 Å². The third-order valence-corrected chi connectivity index (χ3v) is 3.56. The van der Waals surface area contributed by atoms with Crippen molar-refractivity contribution in [3.05, 3.63) is 54.3 Å². The second-order valence-electron chi connectivity index (χ2n) is 5.60. The van der Waals surface area contributed by atoms with Crippen molar-refractivity contribution < 1.29 is 13.9 Å². The van der Waals surface area contributed by atoms with E-state index < -0.39 is 11.4 Å². The van der Waals surface area contributed by atoms with E-state index in [0.29, 0.717) is 5.89 Å². The molecule has 0 amide bonds. The Kier molecular flexibility index (Phi) is 4.11. The molecule has 0 radical (unpaired) electrons. The van der Waals surface area contributed by atoms with E-state index in [-0.39, 0.29) is 12.3 Å². The molecule has 0 aliphatic rings. The molecule has 0 unspecified atom stereocenters. The molecule has 0 saturated carbocycles. The maximum Gasteiger partial charge on any atom is 0.360 e. The Hall–Kier alpha value is -3.03. The summed E-state index contributed by atoms with van der Waals surface area (Å²) in [6.07, 6.45) is 6.17. The van der Waals surface area contributed by atoms with Crippen LogP contribution in [-0.4, -0.2) is 37.5 Å². The van der Waals surface area contributed by atoms with Crippen LogP contribution in [0.2, 0.25) is 0 Å². The Morgan fingerprint density at radius 1 is 1.29 bits per heavy atom. The normalized spacial score (nSPS) is 11.5. The number of hydrogen-bond donors (Lipinski definition) is 0. The maximum absolute atomic E-state index is 11.7. The van der Waals surface area contributed by atoms with Gasteiger partial charge in [0, 0.05) is 0 Å². The predicted octanol–water partition coefficient (Wildman–Crippen LogP) is 2.15. The summed E-state index contributed by atoms with van der Waals surface area (Å²) in [5.74, 6) is -0.112. The molecule has 0 N–H and O–H groups in total. The molecule has 0 bridgehead atoms. The number of nitrogens with zero attached hydrogens (tertiary/aromatic N) is 5. The van der Waals surface area contributed by atoms with Crippen molar-refractivity contribution >= 4 is 5.97 Å². The molecule has 124 valence electrons. The lowest BCUT2D eigenvalue weighted by Gasteiger charge is -2.20. The van der Waals surface area contributed by atoms with Gasteiger partial charge in [0.1, 0.15) is 12.0 Å². The van der Waals surface area contributed by atoms with Crippen LogP contribution in [0.25, 0.3) is 5.69 Å². The van der Waals surface area contributed by atoms with Crippen LogP contribution in [0.4, 0.5) is 0 Å². The van der Waals surface area contributed by atoms with E-state index in [1.807, 2.05) is 26.0 Å². The minimum atomic E-state index is -0.610. The Morgan fingerprint density at radius 2 is 2.04 bits per heavy atom. The molecule has 0 aliphatic carbocycles. The summed E-state index contributed by atoms with van der Waals surface area (Å²) >= 11 is 0. The molecule has 0 saturated heterocycles. The van der Waals surface area contributed by atoms with Gasteiger partial charge >= 0.3 is 5.97 Å². The molecular weight excluding hydrogens is 310 g/mol. The van der Waals surface area contributed by atoms with E-state index in [9.17, 15) is 4.79 Å². The van der Waals surface area contributed by atoms with Crippen LogP contribution in [0.3, 0.4) is 0 Å². The van der Waals surface area contributed by atoms with E-state index in [0.717, 1.165) is 11.4 Å². The number of oxazole rings is 1. The van der Waals surface area contributed by atoms with Gasteiger partial charge in [0.25, 0.3) is 0 Å². The molecule has 0 aromatic carbocycles. The lowest BCUT2D eigenvalue weighted by molar-refractivity contribution is 0.0519. The second-order valence-corrected chi connectivity index (χ2v) is 5.60. The number of aromatic nitrogens is 5. The average Bonchev–Trinajstić information content (AvgIpc) is 3.27. The topological polar surface area (TPSA) is 95.9 Å². The first-order valence-corrected chi connectivity index (χ1v) is 7.48. The number of rotatable bonds is 5. The van der Waals surface area contributed by atoms with Crippen LogP contribution in [0.5, 0.6) is 0 Å². The minimum Gasteiger partial charge on any atom is -0.461 e. The van der Waals surface area contributed by atoms with Gasteiger partial charge in [0.2, 0.25) is 5.89 Å². The van der Waals surface area contributed by atoms with Gasteiger partial charge in [-0.1, -0.05) is 0 Å². The number of pyridine rings is 1. The zero-order valence-electron chi connectivity index (χ0n) is 13.6. The first-order valence-electron chi connectivity index (χ1n) is 7.48. The van der Waals surface area contributed by atoms with Gasteiger partial charge in [0.15, 0.2) is 5.69 Å². The molecule has 0 atom stereocenters. The Morgan fingerprint density at radius 3 is 2.67 bits per heavy atom. The maximum atomic E-state index is 11.7. The lowest BCUT2D eigenvalue weighted by atomic mass is 9.88. The van der Waals surface area contributed by atoms with Crippen molar-refractivity contribution in [2.75, 3.05) is 6.61 Å². The summed E-state index contributed by atoms with van der Waals surface area (Å²) in [6.45, 7) is 5.86. The highest BCUT2D eigenvalue weighted by atomic mass is 16.5. The fourth-order valence-electron chi connectivity index (χ4n) is 2.19. The van der Waals surface area contributed by atoms with Crippen molar-refractivity contribution in [2.24, 2.45) is 0 Å². The monoisotopic (exact) mass is 327 g/mol. The number of carbonyl (C=O) groups excluding carboxylic acids is 1. The van der Waals surface area contributed by atoms with Gasteiger partial charge in [-0.3, -0.25) is 4.98 Å². The first-order chi connectivity index (χ1) is 11.5. The van der Waals surface area contributed by atoms with Gasteiger partial charge in [-0.15, -0.1) is 0 Å². The molecule has 0 fully saturated rings. The van der Waals surface area contributed by atoms with E-state index in [1.165, 1.54) is 11.1 Å². The molecular formula is C16H17N5O3. The van der Waals surface area contributed by atoms with Gasteiger partial charge in [-0.25, -0.2) is 9.78 Å². The molecule has 3 aromatic heterocycles. The molecule has 0 spiro atoms. The molecule has 3 rings (SSSR count). The van der Waals surface area contributed by atoms with Gasteiger partial charge in [0.05, 0.1) is 36.3 Å². The minimum absolute atomic E-state index is 0.150. The predicted molar refractivity (Wildman–Crippen MR) is 83.7 cm³/mol. The third-order valence-electron chi connectivity index (χ3n) is 3.56. The molecule has 0 aliphatic heterocycles. The Bertz CT molecular complexity index is 822. The SMILES string of the molecule is CCOC(=O)c1coc(C(C)(C)c2ccc(-n3nccn3)cn2)n1. The summed E-state index contributed by atoms with van der Waals surface area (Å²) in [4.78, 5) is 21.9. The summed E-state index contributed by atoms with van der Waals surface area (Å²) in [7, 11) is 0. The van der Waals surface area contributed by atoms with Crippen LogP contribution in [-0.2, 0) is 10.2 Å². The zero-order chi connectivity index (χ0) is 17.2. The largest absolute Gasteiger partial charge is 0.461 e. The highest BCUT2D eigenvalue weighted by Crippen LogP contribution is 2.29. The van der Waals surface area contributed by atoms with Crippen molar-refractivity contribution in [1.29, 1.82) is 0 Å². The number of hydrogen-bond acceptors (Lipinski definition) is 7. The molecule has 3 heterocycles. The Labute approximate surface area is 138 Å². The first kappa shape index (κ1) is 15.9.